The van der Waals surface area contributed by atoms with Crippen LogP contribution in [0.4, 0.5) is 171 Å². The molecule has 0 nitrogen and oxygen atoms in total. The Labute approximate surface area is 375 Å². The molecular weight excluding hydrogens is 1240 g/mol. The summed E-state index contributed by atoms with van der Waals surface area (Å²) < 4.78 is 530. The Hall–Kier alpha value is -3.15. The number of alkyl halides is 39. The number of halogens is 39. The van der Waals surface area contributed by atoms with E-state index < -0.39 is 164 Å². The fourth-order valence-electron chi connectivity index (χ4n) is 5.35. The molecule has 0 radical (unpaired) electrons. The molecule has 0 aromatic heterocycles. The molecule has 0 amide bonds. The van der Waals surface area contributed by atoms with Crippen LogP contribution >= 0.6 is 0 Å². The van der Waals surface area contributed by atoms with Gasteiger partial charge in [0, 0.05) is 0 Å². The zero-order valence-corrected chi connectivity index (χ0v) is 35.7. The van der Waals surface area contributed by atoms with Crippen LogP contribution in [0.3, 0.4) is 0 Å². The van der Waals surface area contributed by atoms with Crippen LogP contribution in [0.5, 0.6) is 0 Å². The van der Waals surface area contributed by atoms with Gasteiger partial charge in [0.1, 0.15) is 0 Å². The minimum atomic E-state index is -8.88. The fourth-order valence-corrected chi connectivity index (χ4v) is 16.5. The van der Waals surface area contributed by atoms with Crippen LogP contribution in [0, 0.1) is 9.86 Å². The number of hydrogen-bond donors (Lipinski definition) is 0. The molecule has 1 aromatic rings. The van der Waals surface area contributed by atoms with Gasteiger partial charge in [-0.2, -0.15) is 0 Å². The van der Waals surface area contributed by atoms with Crippen LogP contribution in [-0.4, -0.2) is 126 Å². The van der Waals surface area contributed by atoms with Gasteiger partial charge in [-0.3, -0.25) is 0 Å². The van der Waals surface area contributed by atoms with E-state index in [2.05, 4.69) is 0 Å². The molecule has 0 aliphatic carbocycles. The van der Waals surface area contributed by atoms with Gasteiger partial charge in [-0.05, 0) is 0 Å². The zero-order chi connectivity index (χ0) is 58.3. The quantitative estimate of drug-likeness (QED) is 0.0654. The second-order valence-electron chi connectivity index (χ2n) is 14.9. The van der Waals surface area contributed by atoms with Gasteiger partial charge < -0.3 is 0 Å². The monoisotopic (exact) mass is 1260 g/mol. The van der Waals surface area contributed by atoms with Crippen molar-refractivity contribution < 1.29 is 171 Å². The van der Waals surface area contributed by atoms with Gasteiger partial charge in [-0.1, -0.05) is 0 Å². The first-order valence-corrected chi connectivity index (χ1v) is 24.9. The summed E-state index contributed by atoms with van der Waals surface area (Å²) in [4.78, 5) is 0. The molecule has 0 unspecified atom stereocenters. The fraction of sp³-hybridized carbons (Fsp3) is 0.750. The molecule has 0 aliphatic heterocycles. The Kier molecular flexibility index (Phi) is 17.5. The maximum absolute atomic E-state index is 15.0. The van der Waals surface area contributed by atoms with E-state index in [0.717, 1.165) is 10.0 Å². The summed E-state index contributed by atoms with van der Waals surface area (Å²) in [5.74, 6) is -126. The summed E-state index contributed by atoms with van der Waals surface area (Å²) in [5, 5.41) is 0. The molecule has 0 N–H and O–H groups in total. The Morgan fingerprint density at radius 2 is 0.458 bits per heavy atom. The SMILES string of the molecule is FC(F)(F)C(F)(F)C(F)(F)C(F)(F)C(F)(F)C(F)(F)C[CH2][Sn]([C]#Cc1ccccc1)([CH2]CC(F)(F)C(F)(F)C(F)(F)C(F)(F)C(F)(F)C(F)(F)F)[CH2]CC(F)(F)C(F)(F)C(F)(F)C(F)(F)C(F)(F)C(F)(F)F. The molecule has 72 heavy (non-hydrogen) atoms. The first-order valence-electron chi connectivity index (χ1n) is 17.4. The van der Waals surface area contributed by atoms with Crippen molar-refractivity contribution in [3.63, 3.8) is 0 Å². The molecule has 40 heteroatoms. The summed E-state index contributed by atoms with van der Waals surface area (Å²) in [7, 11) is 0. The summed E-state index contributed by atoms with van der Waals surface area (Å²) in [5.41, 5.74) is -1.05. The molecule has 0 bridgehead atoms. The van der Waals surface area contributed by atoms with E-state index in [1.54, 1.807) is 0 Å². The topological polar surface area (TPSA) is 0 Å². The Bertz CT molecular complexity index is 1890. The van der Waals surface area contributed by atoms with E-state index in [0.29, 0.717) is 24.3 Å². The molecule has 0 atom stereocenters. The average Bonchev–Trinajstić information content (AvgIpc) is 3.18. The van der Waals surface area contributed by atoms with Crippen LogP contribution in [0.15, 0.2) is 30.3 Å². The van der Waals surface area contributed by atoms with Gasteiger partial charge >= 0.3 is 375 Å². The minimum absolute atomic E-state index is 0.425. The van der Waals surface area contributed by atoms with Crippen LogP contribution in [0.25, 0.3) is 0 Å². The van der Waals surface area contributed by atoms with E-state index in [-0.39, 0.29) is 0 Å². The van der Waals surface area contributed by atoms with Gasteiger partial charge in [-0.25, -0.2) is 0 Å². The van der Waals surface area contributed by atoms with Crippen molar-refractivity contribution in [1.29, 1.82) is 0 Å². The third kappa shape index (κ3) is 10.4. The molecule has 422 valence electrons. The van der Waals surface area contributed by atoms with Gasteiger partial charge in [0.2, 0.25) is 0 Å². The third-order valence-corrected chi connectivity index (χ3v) is 22.2. The number of benzene rings is 1. The van der Waals surface area contributed by atoms with Crippen LogP contribution in [0.1, 0.15) is 24.8 Å². The molecule has 1 rings (SSSR count). The normalized spacial score (nSPS) is 16.2. The predicted molar refractivity (Wildman–Crippen MR) is 160 cm³/mol. The maximum atomic E-state index is 15.0. The standard InChI is InChI=1S/3C8H4F13.C8H5.Sn/c3*1-2-3(9,10)4(11,12)5(13,14)6(15,16)7(17,18)8(19,20)21;1-2-8-6-4-3-5-7-8;/h3*1-2H2;3-7H;. The Morgan fingerprint density at radius 1 is 0.264 bits per heavy atom. The van der Waals surface area contributed by atoms with Gasteiger partial charge in [0.25, 0.3) is 0 Å². The van der Waals surface area contributed by atoms with Gasteiger partial charge in [0.15, 0.2) is 0 Å². The second kappa shape index (κ2) is 18.8. The molecule has 0 aliphatic rings. The Morgan fingerprint density at radius 3 is 0.653 bits per heavy atom. The van der Waals surface area contributed by atoms with E-state index in [1.807, 2.05) is 0 Å². The predicted octanol–water partition coefficient (Wildman–Crippen LogP) is 16.4. The van der Waals surface area contributed by atoms with Crippen molar-refractivity contribution in [2.45, 2.75) is 140 Å². The van der Waals surface area contributed by atoms with Crippen molar-refractivity contribution in [3.05, 3.63) is 35.9 Å². The van der Waals surface area contributed by atoms with Crippen molar-refractivity contribution >= 4 is 18.4 Å². The van der Waals surface area contributed by atoms with Gasteiger partial charge in [-0.15, -0.1) is 0 Å². The van der Waals surface area contributed by atoms with Crippen molar-refractivity contribution in [2.24, 2.45) is 0 Å². The van der Waals surface area contributed by atoms with Crippen molar-refractivity contribution in [3.8, 4) is 9.86 Å². The Balaban J connectivity index is 4.45. The number of rotatable bonds is 21. The first kappa shape index (κ1) is 66.9. The molecule has 0 spiro atoms. The van der Waals surface area contributed by atoms with E-state index in [4.69, 9.17) is 0 Å². The molecule has 1 aromatic carbocycles. The average molecular weight is 1260 g/mol. The van der Waals surface area contributed by atoms with Crippen molar-refractivity contribution in [2.75, 3.05) is 0 Å². The van der Waals surface area contributed by atoms with Gasteiger partial charge in [0.05, 0.1) is 0 Å². The van der Waals surface area contributed by atoms with E-state index in [9.17, 15) is 171 Å². The van der Waals surface area contributed by atoms with Crippen molar-refractivity contribution in [1.82, 2.24) is 0 Å². The molecule has 0 heterocycles. The van der Waals surface area contributed by atoms with Crippen LogP contribution < -0.4 is 0 Å². The van der Waals surface area contributed by atoms with Crippen LogP contribution in [-0.2, 0) is 0 Å². The summed E-state index contributed by atoms with van der Waals surface area (Å²) >= 11 is -8.28. The first-order chi connectivity index (χ1) is 30.9. The molecule has 0 saturated heterocycles. The molecule has 0 fully saturated rings. The van der Waals surface area contributed by atoms with E-state index >= 15 is 0 Å². The number of hydrogen-bond acceptors (Lipinski definition) is 0. The molecule has 0 saturated carbocycles. The summed E-state index contributed by atoms with van der Waals surface area (Å²) in [6.45, 7) is 0. The third-order valence-electron chi connectivity index (χ3n) is 9.99. The second-order valence-corrected chi connectivity index (χ2v) is 27.2. The van der Waals surface area contributed by atoms with E-state index in [1.165, 1.54) is 5.92 Å². The van der Waals surface area contributed by atoms with Crippen LogP contribution in [0.2, 0.25) is 13.3 Å². The zero-order valence-electron chi connectivity index (χ0n) is 32.9. The summed E-state index contributed by atoms with van der Waals surface area (Å²) in [6, 6.07) is 2.99. The molecular formula is C32H17F39Sn. The summed E-state index contributed by atoms with van der Waals surface area (Å²) in [6.07, 6.45) is -36.6.